The first-order valence-corrected chi connectivity index (χ1v) is 23.0. The van der Waals surface area contributed by atoms with Gasteiger partial charge < -0.3 is 38.9 Å². The molecule has 2 N–H and O–H groups in total. The Kier molecular flexibility index (Phi) is 15.6. The summed E-state index contributed by atoms with van der Waals surface area (Å²) in [5.74, 6) is 1.03. The van der Waals surface area contributed by atoms with Gasteiger partial charge in [-0.1, -0.05) is 62.8 Å². The number of carbonyl (C=O) groups is 1. The summed E-state index contributed by atoms with van der Waals surface area (Å²) in [4.78, 5) is 25.5. The Labute approximate surface area is 347 Å². The van der Waals surface area contributed by atoms with Crippen LogP contribution in [0.2, 0.25) is 0 Å². The highest BCUT2D eigenvalue weighted by Crippen LogP contribution is 2.62. The van der Waals surface area contributed by atoms with Crippen molar-refractivity contribution in [2.45, 2.75) is 140 Å². The van der Waals surface area contributed by atoms with Gasteiger partial charge >= 0.3 is 0 Å². The Balaban J connectivity index is 1.37. The van der Waals surface area contributed by atoms with Gasteiger partial charge in [-0.2, -0.15) is 0 Å². The van der Waals surface area contributed by atoms with Crippen molar-refractivity contribution in [1.29, 1.82) is 0 Å². The average Bonchev–Trinajstić information content (AvgIpc) is 3.92. The number of allylic oxidation sites excluding steroid dienone is 1. The standard InChI is InChI=1S/C47H71N3O8/c1-3-22-50(43(53)21-18-34-13-5-6-14-34)42-33-40(48-58-44-17-9-12-29-55-44)38-31-35(15-7-10-26-51)37(16-8-11-27-52)45-39-32-36(54-30-25-49-23-24-49)19-20-41(39)57-47(42,46(38)45)56-28-4-2/h4,19-20,31-32,34-35,37,42,44-46,51-52H,2-3,5-18,21-30,33H2,1H3. The number of aliphatic hydroxyl groups excluding tert-OH is 2. The zero-order valence-corrected chi connectivity index (χ0v) is 35.2. The van der Waals surface area contributed by atoms with Crippen molar-refractivity contribution in [3.63, 3.8) is 0 Å². The first-order valence-electron chi connectivity index (χ1n) is 23.0. The molecule has 1 aromatic carbocycles. The quantitative estimate of drug-likeness (QED) is 0.0495. The van der Waals surface area contributed by atoms with Crippen molar-refractivity contribution in [1.82, 2.24) is 9.80 Å². The Morgan fingerprint density at radius 2 is 1.84 bits per heavy atom. The van der Waals surface area contributed by atoms with E-state index >= 15 is 0 Å². The minimum Gasteiger partial charge on any atom is -0.492 e. The number of hydrogen-bond acceptors (Lipinski definition) is 10. The lowest BCUT2D eigenvalue weighted by atomic mass is 9.55. The number of oxime groups is 1. The van der Waals surface area contributed by atoms with Crippen LogP contribution in [0.4, 0.5) is 0 Å². The number of carbonyl (C=O) groups excluding carboxylic acids is 1. The van der Waals surface area contributed by atoms with Gasteiger partial charge in [0.15, 0.2) is 0 Å². The zero-order chi connectivity index (χ0) is 40.3. The van der Waals surface area contributed by atoms with Crippen LogP contribution in [-0.4, -0.2) is 109 Å². The number of aliphatic hydroxyl groups is 2. The molecule has 11 heteroatoms. The van der Waals surface area contributed by atoms with Crippen LogP contribution in [0.15, 0.2) is 47.7 Å². The van der Waals surface area contributed by atoms with E-state index in [1.807, 2.05) is 6.07 Å². The lowest BCUT2D eigenvalue weighted by molar-refractivity contribution is -0.257. The lowest BCUT2D eigenvalue weighted by Crippen LogP contribution is -2.70. The molecule has 2 saturated carbocycles. The van der Waals surface area contributed by atoms with E-state index in [9.17, 15) is 15.0 Å². The van der Waals surface area contributed by atoms with Gasteiger partial charge in [0.1, 0.15) is 24.1 Å². The summed E-state index contributed by atoms with van der Waals surface area (Å²) >= 11 is 0. The van der Waals surface area contributed by atoms with E-state index in [0.29, 0.717) is 38.5 Å². The highest BCUT2D eigenvalue weighted by atomic mass is 16.8. The summed E-state index contributed by atoms with van der Waals surface area (Å²) < 4.78 is 27.0. The Hall–Kier alpha value is -2.96. The van der Waals surface area contributed by atoms with Crippen molar-refractivity contribution in [2.24, 2.45) is 28.8 Å². The number of fused-ring (bicyclic) bond motifs is 2. The minimum atomic E-state index is -1.23. The second-order valence-corrected chi connectivity index (χ2v) is 17.6. The van der Waals surface area contributed by atoms with Crippen molar-refractivity contribution < 1.29 is 38.8 Å². The summed E-state index contributed by atoms with van der Waals surface area (Å²) in [7, 11) is 0. The largest absolute Gasteiger partial charge is 0.492 e. The first-order chi connectivity index (χ1) is 28.5. The van der Waals surface area contributed by atoms with Crippen molar-refractivity contribution in [3.05, 3.63) is 48.1 Å². The molecule has 3 aliphatic heterocycles. The summed E-state index contributed by atoms with van der Waals surface area (Å²) in [6.45, 7) is 11.8. The fraction of sp³-hybridized carbons (Fsp3) is 0.745. The van der Waals surface area contributed by atoms with Gasteiger partial charge in [0.2, 0.25) is 18.0 Å². The van der Waals surface area contributed by atoms with Gasteiger partial charge in [-0.05, 0) is 92.9 Å². The van der Waals surface area contributed by atoms with Gasteiger partial charge in [-0.15, -0.1) is 6.58 Å². The highest BCUT2D eigenvalue weighted by Gasteiger charge is 2.65. The van der Waals surface area contributed by atoms with Gasteiger partial charge in [-0.3, -0.25) is 9.69 Å². The molecule has 1 amide bonds. The molecule has 0 radical (unpaired) electrons. The summed E-state index contributed by atoms with van der Waals surface area (Å²) in [5.41, 5.74) is 2.97. The molecule has 322 valence electrons. The molecular weight excluding hydrogens is 735 g/mol. The SMILES string of the molecule is C=CCOC12Oc3ccc(OCCN4CC4)cc3C3C(CCCCO)C(CCCCO)C=C(C(=NOC4CCCCO4)CC1N(CCC)C(=O)CCC1CCCC1)C32. The number of benzene rings is 1. The van der Waals surface area contributed by atoms with Crippen molar-refractivity contribution in [2.75, 3.05) is 59.2 Å². The van der Waals surface area contributed by atoms with E-state index in [-0.39, 0.29) is 49.4 Å². The van der Waals surface area contributed by atoms with E-state index in [1.165, 1.54) is 25.7 Å². The zero-order valence-electron chi connectivity index (χ0n) is 35.2. The molecule has 6 aliphatic rings. The van der Waals surface area contributed by atoms with Crippen LogP contribution in [-0.2, 0) is 19.1 Å². The summed E-state index contributed by atoms with van der Waals surface area (Å²) in [5, 5.41) is 24.9. The van der Waals surface area contributed by atoms with Crippen molar-refractivity contribution >= 4 is 11.6 Å². The molecular formula is C47H71N3O8. The van der Waals surface area contributed by atoms with Crippen LogP contribution in [0.25, 0.3) is 0 Å². The van der Waals surface area contributed by atoms with E-state index in [1.54, 1.807) is 6.08 Å². The fourth-order valence-electron chi connectivity index (χ4n) is 10.7. The fourth-order valence-corrected chi connectivity index (χ4v) is 10.7. The lowest BCUT2D eigenvalue weighted by Gasteiger charge is -2.60. The molecule has 2 saturated heterocycles. The van der Waals surface area contributed by atoms with Crippen LogP contribution in [0, 0.1) is 23.7 Å². The molecule has 0 aromatic heterocycles. The molecule has 11 nitrogen and oxygen atoms in total. The summed E-state index contributed by atoms with van der Waals surface area (Å²) in [6, 6.07) is 5.77. The van der Waals surface area contributed by atoms with E-state index < -0.39 is 18.1 Å². The molecule has 3 aliphatic carbocycles. The van der Waals surface area contributed by atoms with Gasteiger partial charge in [0.05, 0.1) is 24.8 Å². The first kappa shape index (κ1) is 43.1. The second kappa shape index (κ2) is 21.0. The molecule has 7 atom stereocenters. The molecule has 3 heterocycles. The maximum Gasteiger partial charge on any atom is 0.239 e. The van der Waals surface area contributed by atoms with Crippen LogP contribution in [0.3, 0.4) is 0 Å². The monoisotopic (exact) mass is 806 g/mol. The van der Waals surface area contributed by atoms with Gasteiger partial charge in [-0.25, -0.2) is 0 Å². The van der Waals surface area contributed by atoms with E-state index in [4.69, 9.17) is 28.9 Å². The van der Waals surface area contributed by atoms with Crippen LogP contribution >= 0.6 is 0 Å². The Morgan fingerprint density at radius 3 is 2.57 bits per heavy atom. The number of ether oxygens (including phenoxy) is 4. The molecule has 0 spiro atoms. The normalized spacial score (nSPS) is 29.9. The molecule has 4 fully saturated rings. The number of unbranched alkanes of at least 4 members (excludes halogenated alkanes) is 2. The third-order valence-corrected chi connectivity index (χ3v) is 13.7. The van der Waals surface area contributed by atoms with E-state index in [2.05, 4.69) is 41.5 Å². The maximum atomic E-state index is 14.7. The highest BCUT2D eigenvalue weighted by molar-refractivity contribution is 6.03. The predicted octanol–water partition coefficient (Wildman–Crippen LogP) is 7.75. The Bertz CT molecular complexity index is 1550. The molecule has 7 unspecified atom stereocenters. The predicted molar refractivity (Wildman–Crippen MR) is 225 cm³/mol. The molecule has 7 rings (SSSR count). The van der Waals surface area contributed by atoms with Crippen LogP contribution in [0.5, 0.6) is 11.5 Å². The maximum absolute atomic E-state index is 14.7. The Morgan fingerprint density at radius 1 is 1.05 bits per heavy atom. The smallest absolute Gasteiger partial charge is 0.239 e. The molecule has 1 aromatic rings. The average molecular weight is 806 g/mol. The molecule has 58 heavy (non-hydrogen) atoms. The number of rotatable bonds is 23. The van der Waals surface area contributed by atoms with E-state index in [0.717, 1.165) is 119 Å². The van der Waals surface area contributed by atoms with Crippen molar-refractivity contribution in [3.8, 4) is 11.5 Å². The third kappa shape index (κ3) is 10.1. The second-order valence-electron chi connectivity index (χ2n) is 17.6. The number of hydrogen-bond donors (Lipinski definition) is 2. The van der Waals surface area contributed by atoms with Gasteiger partial charge in [0.25, 0.3) is 0 Å². The molecule has 0 bridgehead atoms. The number of nitrogens with zero attached hydrogens (tertiary/aromatic N) is 3. The minimum absolute atomic E-state index is 0.0712. The number of amides is 1. The third-order valence-electron chi connectivity index (χ3n) is 13.7. The van der Waals surface area contributed by atoms with Crippen LogP contribution < -0.4 is 9.47 Å². The van der Waals surface area contributed by atoms with Crippen LogP contribution in [0.1, 0.15) is 128 Å². The van der Waals surface area contributed by atoms with Gasteiger partial charge in [0, 0.05) is 70.1 Å². The summed E-state index contributed by atoms with van der Waals surface area (Å²) in [6.07, 6.45) is 19.2. The topological polar surface area (TPSA) is 122 Å².